The number of carboxylic acid groups (broad SMARTS) is 1. The normalized spacial score (nSPS) is 17.0. The lowest BCUT2D eigenvalue weighted by atomic mass is 10.0. The highest BCUT2D eigenvalue weighted by Gasteiger charge is 2.40. The maximum absolute atomic E-state index is 13.3. The summed E-state index contributed by atoms with van der Waals surface area (Å²) in [5, 5.41) is 18.7. The van der Waals surface area contributed by atoms with Crippen LogP contribution in [0.3, 0.4) is 0 Å². The van der Waals surface area contributed by atoms with Crippen molar-refractivity contribution >= 4 is 90.9 Å². The minimum Gasteiger partial charge on any atom is -0.476 e. The molecule has 5 aromatic heterocycles. The number of halogens is 3. The van der Waals surface area contributed by atoms with Crippen molar-refractivity contribution in [1.82, 2.24) is 68.2 Å². The second kappa shape index (κ2) is 30.5. The largest absolute Gasteiger partial charge is 0.476 e. The van der Waals surface area contributed by atoms with Gasteiger partial charge in [0.25, 0.3) is 23.6 Å². The fourth-order valence-electron chi connectivity index (χ4n) is 13.9. The van der Waals surface area contributed by atoms with Crippen molar-refractivity contribution in [2.75, 3.05) is 118 Å². The highest BCUT2D eigenvalue weighted by Crippen LogP contribution is 2.30. The zero-order chi connectivity index (χ0) is 70.5. The van der Waals surface area contributed by atoms with E-state index in [1.54, 1.807) is 54.9 Å². The van der Waals surface area contributed by atoms with Gasteiger partial charge in [-0.2, -0.15) is 0 Å². The van der Waals surface area contributed by atoms with Crippen LogP contribution in [-0.4, -0.2) is 239 Å². The molecule has 26 heteroatoms. The summed E-state index contributed by atoms with van der Waals surface area (Å²) in [6.07, 6.45) is 8.95. The Balaban J connectivity index is 0.000000123. The summed E-state index contributed by atoms with van der Waals surface area (Å²) >= 11 is 2.50. The Morgan fingerprint density at radius 2 is 0.735 bits per heavy atom. The minimum atomic E-state index is -0.958. The number of nitrogens with one attached hydrogen (secondary N) is 1. The van der Waals surface area contributed by atoms with Crippen molar-refractivity contribution in [3.63, 3.8) is 0 Å². The first-order chi connectivity index (χ1) is 49.5. The number of carbonyl (C=O) groups is 6. The Morgan fingerprint density at radius 1 is 0.402 bits per heavy atom. The number of hydrogen-bond acceptors (Lipinski definition) is 14. The van der Waals surface area contributed by atoms with Crippen molar-refractivity contribution < 1.29 is 47.0 Å². The summed E-state index contributed by atoms with van der Waals surface area (Å²) in [4.78, 5) is 97.2. The van der Waals surface area contributed by atoms with Crippen LogP contribution in [0, 0.1) is 17.5 Å². The van der Waals surface area contributed by atoms with Crippen LogP contribution < -0.4 is 5.32 Å². The molecule has 0 atom stereocenters. The van der Waals surface area contributed by atoms with Crippen LogP contribution >= 0.6 is 22.7 Å². The first-order valence-corrected chi connectivity index (χ1v) is 35.8. The van der Waals surface area contributed by atoms with E-state index in [0.717, 1.165) is 158 Å². The zero-order valence-electron chi connectivity index (χ0n) is 56.0. The van der Waals surface area contributed by atoms with Gasteiger partial charge >= 0.3 is 5.97 Å². The molecule has 0 aliphatic carbocycles. The molecule has 11 aromatic rings. The lowest BCUT2D eigenvalue weighted by molar-refractivity contribution is -0.131. The molecule has 21 nitrogen and oxygen atoms in total. The van der Waals surface area contributed by atoms with E-state index in [1.807, 2.05) is 135 Å². The number of fused-ring (bicyclic) bond motifs is 3. The Bertz CT molecular complexity index is 4800. The van der Waals surface area contributed by atoms with Crippen LogP contribution in [0.25, 0.3) is 49.8 Å². The topological polar surface area (TPSA) is 201 Å². The van der Waals surface area contributed by atoms with Crippen LogP contribution in [0.4, 0.5) is 13.2 Å². The number of carbonyl (C=O) groups excluding carboxylic acids is 5. The smallest absolute Gasteiger partial charge is 0.364 e. The number of likely N-dealkylation sites (tertiary alicyclic amines) is 3. The van der Waals surface area contributed by atoms with Crippen LogP contribution in [0.5, 0.6) is 0 Å². The molecule has 0 bridgehead atoms. The van der Waals surface area contributed by atoms with Gasteiger partial charge in [0, 0.05) is 235 Å². The molecule has 5 amide bonds. The van der Waals surface area contributed by atoms with Gasteiger partial charge in [0.15, 0.2) is 5.01 Å². The monoisotopic (exact) mass is 1420 g/mol. The van der Waals surface area contributed by atoms with E-state index in [2.05, 4.69) is 30.0 Å². The standard InChI is InChI=1S/C26H24FN5O2S.C24H25FN4O2.C22H23FN4O.C4H3NO2S/c27-20-2-4-21(5-3-20)32-9-7-18-15-19(1-6-23(18)32)25(33)31-16-22(17-31)29-10-12-30(13-11-29)26(34)24-28-8-14-35-24;1-17(30)26-10-12-27(13-11-26)22-15-28(16-22)24(31)19-2-7-23-18(14-19)8-9-29(23)21-5-3-20(25)4-6-21;23-18-2-4-19(5-3-18)27-10-7-16-13-17(1-6-21(16)27)22(28)26-14-20(15-26)25-11-8-24-9-12-25;6-4(7)3-5-1-2-8-3/h1-9,14-15,22H,10-13,16-17H2;2-9,14,22H,10-13,15-16H2,1H3;1-7,10,13,20,24H,8-9,11-12,14-15H2;1-2H,(H,6,7). The van der Waals surface area contributed by atoms with Crippen molar-refractivity contribution in [3.05, 3.63) is 231 Å². The highest BCUT2D eigenvalue weighted by molar-refractivity contribution is 7.11. The summed E-state index contributed by atoms with van der Waals surface area (Å²) in [6, 6.07) is 43.6. The third-order valence-corrected chi connectivity index (χ3v) is 21.4. The fraction of sp³-hybridized carbons (Fsp3) is 0.289. The number of thiazole rings is 2. The number of hydrogen-bond donors (Lipinski definition) is 2. The number of rotatable bonds is 11. The predicted molar refractivity (Wildman–Crippen MR) is 386 cm³/mol. The summed E-state index contributed by atoms with van der Waals surface area (Å²) in [5.74, 6) is -1.41. The van der Waals surface area contributed by atoms with E-state index in [-0.39, 0.29) is 52.0 Å². The number of benzene rings is 6. The third-order valence-electron chi connectivity index (χ3n) is 19.9. The van der Waals surface area contributed by atoms with Gasteiger partial charge in [-0.25, -0.2) is 27.9 Å². The van der Waals surface area contributed by atoms with Gasteiger partial charge in [0.1, 0.15) is 17.5 Å². The lowest BCUT2D eigenvalue weighted by Gasteiger charge is -2.48. The summed E-state index contributed by atoms with van der Waals surface area (Å²) < 4.78 is 45.7. The molecule has 0 spiro atoms. The summed E-state index contributed by atoms with van der Waals surface area (Å²) in [5.41, 5.74) is 7.69. The van der Waals surface area contributed by atoms with Gasteiger partial charge < -0.3 is 48.6 Å². The molecule has 6 fully saturated rings. The van der Waals surface area contributed by atoms with Crippen LogP contribution in [0.15, 0.2) is 187 Å². The number of nitrogens with zero attached hydrogens (tertiary/aromatic N) is 13. The van der Waals surface area contributed by atoms with Crippen molar-refractivity contribution in [1.29, 1.82) is 0 Å². The average molecular weight is 1420 g/mol. The molecule has 102 heavy (non-hydrogen) atoms. The quantitative estimate of drug-likeness (QED) is 0.124. The second-order valence-corrected chi connectivity index (χ2v) is 27.8. The van der Waals surface area contributed by atoms with Gasteiger partial charge in [-0.15, -0.1) is 22.7 Å². The molecular weight excluding hydrogens is 1340 g/mol. The van der Waals surface area contributed by atoms with E-state index in [4.69, 9.17) is 5.11 Å². The number of aromatic carboxylic acids is 1. The maximum atomic E-state index is 13.3. The summed E-state index contributed by atoms with van der Waals surface area (Å²) in [6.45, 7) is 16.6. The molecule has 6 aliphatic rings. The van der Waals surface area contributed by atoms with Gasteiger partial charge in [-0.05, 0) is 146 Å². The zero-order valence-corrected chi connectivity index (χ0v) is 57.7. The predicted octanol–water partition coefficient (Wildman–Crippen LogP) is 9.61. The first kappa shape index (κ1) is 68.8. The first-order valence-electron chi connectivity index (χ1n) is 34.0. The SMILES string of the molecule is CC(=O)N1CCN(C2CN(C(=O)c3ccc4c(ccn4-c4ccc(F)cc4)c3)C2)CC1.O=C(O)c1nccs1.O=C(c1ccc2c(ccn2-c2ccc(F)cc2)c1)N1CC(N2CCN(C(=O)c3nccs3)CC2)C1.O=C(c1ccc2c(ccn2-c2ccc(F)cc2)c1)N1CC(N2CCNCC2)C1. The molecular formula is C76H75F3N14O7S2. The second-order valence-electron chi connectivity index (χ2n) is 26.0. The Hall–Kier alpha value is -10.4. The fourth-order valence-corrected chi connectivity index (χ4v) is 15.0. The molecule has 6 saturated heterocycles. The molecule has 0 radical (unpaired) electrons. The van der Waals surface area contributed by atoms with Gasteiger partial charge in [-0.1, -0.05) is 0 Å². The molecule has 2 N–H and O–H groups in total. The van der Waals surface area contributed by atoms with Gasteiger partial charge in [0.05, 0.1) is 16.6 Å². The van der Waals surface area contributed by atoms with Crippen molar-refractivity contribution in [2.24, 2.45) is 0 Å². The number of aromatic nitrogens is 5. The van der Waals surface area contributed by atoms with Crippen molar-refractivity contribution in [2.45, 2.75) is 25.0 Å². The van der Waals surface area contributed by atoms with Crippen LogP contribution in [0.1, 0.15) is 57.6 Å². The Labute approximate surface area is 594 Å². The number of amides is 5. The lowest BCUT2D eigenvalue weighted by Crippen LogP contribution is -2.64. The van der Waals surface area contributed by atoms with E-state index >= 15 is 0 Å². The maximum Gasteiger partial charge on any atom is 0.364 e. The number of piperazine rings is 3. The number of carboxylic acids is 1. The Morgan fingerprint density at radius 3 is 1.05 bits per heavy atom. The average Bonchev–Trinajstić information content (AvgIpc) is 1.33. The molecule has 0 saturated carbocycles. The molecule has 11 heterocycles. The Kier molecular flexibility index (Phi) is 20.5. The van der Waals surface area contributed by atoms with Crippen LogP contribution in [-0.2, 0) is 4.79 Å². The van der Waals surface area contributed by atoms with Crippen molar-refractivity contribution in [3.8, 4) is 17.1 Å². The minimum absolute atomic E-state index is 0.00807. The summed E-state index contributed by atoms with van der Waals surface area (Å²) in [7, 11) is 0. The van der Waals surface area contributed by atoms with Crippen LogP contribution in [0.2, 0.25) is 0 Å². The van der Waals surface area contributed by atoms with Gasteiger partial charge in [0.2, 0.25) is 10.9 Å². The van der Waals surface area contributed by atoms with Gasteiger partial charge in [-0.3, -0.25) is 38.7 Å². The molecule has 524 valence electrons. The molecule has 17 rings (SSSR count). The van der Waals surface area contributed by atoms with E-state index in [1.165, 1.54) is 53.9 Å². The van der Waals surface area contributed by atoms with E-state index < -0.39 is 5.97 Å². The molecule has 6 aromatic carbocycles. The third kappa shape index (κ3) is 15.1. The highest BCUT2D eigenvalue weighted by atomic mass is 32.1. The van der Waals surface area contributed by atoms with E-state index in [9.17, 15) is 41.9 Å². The molecule has 0 unspecified atom stereocenters. The van der Waals surface area contributed by atoms with E-state index in [0.29, 0.717) is 60.4 Å². The molecule has 6 aliphatic heterocycles.